The molecule has 1 aromatic carbocycles. The highest BCUT2D eigenvalue weighted by molar-refractivity contribution is 14.1. The van der Waals surface area contributed by atoms with Gasteiger partial charge in [0.15, 0.2) is 17.9 Å². The first kappa shape index (κ1) is 16.7. The Morgan fingerprint density at radius 3 is 3.00 bits per heavy atom. The number of halogens is 2. The summed E-state index contributed by atoms with van der Waals surface area (Å²) in [4.78, 5) is 4.20. The average molecular weight is 452 g/mol. The first-order valence-electron chi connectivity index (χ1n) is 8.01. The fourth-order valence-corrected chi connectivity index (χ4v) is 3.60. The van der Waals surface area contributed by atoms with Gasteiger partial charge in [0.2, 0.25) is 5.88 Å². The van der Waals surface area contributed by atoms with Gasteiger partial charge in [-0.15, -0.1) is 0 Å². The molecule has 0 radical (unpaired) electrons. The van der Waals surface area contributed by atoms with Crippen LogP contribution in [0.3, 0.4) is 0 Å². The third-order valence-electron chi connectivity index (χ3n) is 4.30. The van der Waals surface area contributed by atoms with Crippen molar-refractivity contribution in [2.75, 3.05) is 6.61 Å². The number of nitriles is 1. The molecule has 7 heteroatoms. The number of rotatable bonds is 2. The van der Waals surface area contributed by atoms with Crippen LogP contribution in [0.5, 0.6) is 11.6 Å². The zero-order valence-electron chi connectivity index (χ0n) is 13.2. The minimum absolute atomic E-state index is 0.0652. The standard InChI is InChI=1S/C18H14FIN2O3/c19-14-15(20)10(9-21)8-12-16(24-13-5-1-2-7-23-13)11-4-3-6-22-18(11)25-17(12)14/h3-4,6,8,13,16H,1-2,5,7H2. The van der Waals surface area contributed by atoms with Crippen molar-refractivity contribution in [1.29, 1.82) is 5.26 Å². The van der Waals surface area contributed by atoms with E-state index in [0.717, 1.165) is 19.3 Å². The van der Waals surface area contributed by atoms with Gasteiger partial charge in [-0.2, -0.15) is 5.26 Å². The zero-order chi connectivity index (χ0) is 17.4. The molecule has 0 N–H and O–H groups in total. The molecule has 0 saturated carbocycles. The van der Waals surface area contributed by atoms with E-state index in [9.17, 15) is 9.65 Å². The van der Waals surface area contributed by atoms with Crippen LogP contribution in [0.4, 0.5) is 4.39 Å². The summed E-state index contributed by atoms with van der Waals surface area (Å²) in [6.45, 7) is 0.644. The summed E-state index contributed by atoms with van der Waals surface area (Å²) in [5, 5.41) is 9.31. The molecule has 2 atom stereocenters. The van der Waals surface area contributed by atoms with E-state index in [4.69, 9.17) is 14.2 Å². The summed E-state index contributed by atoms with van der Waals surface area (Å²) >= 11 is 1.81. The van der Waals surface area contributed by atoms with Crippen LogP contribution in [-0.2, 0) is 9.47 Å². The molecule has 5 nitrogen and oxygen atoms in total. The van der Waals surface area contributed by atoms with Crippen LogP contribution in [0.2, 0.25) is 0 Å². The summed E-state index contributed by atoms with van der Waals surface area (Å²) in [6, 6.07) is 7.27. The predicted molar refractivity (Wildman–Crippen MR) is 94.7 cm³/mol. The molecule has 2 aliphatic heterocycles. The molecule has 2 aromatic rings. The number of benzene rings is 1. The van der Waals surface area contributed by atoms with E-state index < -0.39 is 11.9 Å². The Morgan fingerprint density at radius 2 is 2.24 bits per heavy atom. The topological polar surface area (TPSA) is 64.4 Å². The highest BCUT2D eigenvalue weighted by atomic mass is 127. The maximum atomic E-state index is 14.8. The van der Waals surface area contributed by atoms with Gasteiger partial charge in [0.1, 0.15) is 12.2 Å². The summed E-state index contributed by atoms with van der Waals surface area (Å²) in [5.74, 6) is -0.185. The van der Waals surface area contributed by atoms with E-state index in [1.165, 1.54) is 0 Å². The molecule has 128 valence electrons. The molecule has 1 aromatic heterocycles. The van der Waals surface area contributed by atoms with Gasteiger partial charge in [-0.05, 0) is 60.1 Å². The quantitative estimate of drug-likeness (QED) is 0.631. The van der Waals surface area contributed by atoms with E-state index in [-0.39, 0.29) is 21.2 Å². The minimum Gasteiger partial charge on any atom is -0.435 e. The molecule has 0 amide bonds. The molecule has 25 heavy (non-hydrogen) atoms. The molecule has 0 bridgehead atoms. The van der Waals surface area contributed by atoms with Crippen molar-refractivity contribution in [3.05, 3.63) is 50.5 Å². The maximum Gasteiger partial charge on any atom is 0.225 e. The monoisotopic (exact) mass is 452 g/mol. The first-order valence-corrected chi connectivity index (χ1v) is 9.08. The highest BCUT2D eigenvalue weighted by Gasteiger charge is 2.35. The lowest BCUT2D eigenvalue weighted by atomic mass is 9.96. The van der Waals surface area contributed by atoms with Gasteiger partial charge < -0.3 is 14.2 Å². The number of pyridine rings is 1. The fourth-order valence-electron chi connectivity index (χ4n) is 3.08. The van der Waals surface area contributed by atoms with Crippen molar-refractivity contribution in [1.82, 2.24) is 4.98 Å². The third-order valence-corrected chi connectivity index (χ3v) is 5.36. The largest absolute Gasteiger partial charge is 0.435 e. The second-order valence-corrected chi connectivity index (χ2v) is 6.97. The van der Waals surface area contributed by atoms with E-state index in [1.807, 2.05) is 34.7 Å². The summed E-state index contributed by atoms with van der Waals surface area (Å²) < 4.78 is 32.5. The first-order chi connectivity index (χ1) is 12.2. The third kappa shape index (κ3) is 2.99. The van der Waals surface area contributed by atoms with Crippen molar-refractivity contribution >= 4 is 22.6 Å². The smallest absolute Gasteiger partial charge is 0.225 e. The second-order valence-electron chi connectivity index (χ2n) is 5.89. The summed E-state index contributed by atoms with van der Waals surface area (Å²) in [6.07, 6.45) is 3.43. The van der Waals surface area contributed by atoms with Crippen molar-refractivity contribution in [2.24, 2.45) is 0 Å². The number of hydrogen-bond donors (Lipinski definition) is 0. The zero-order valence-corrected chi connectivity index (χ0v) is 15.3. The van der Waals surface area contributed by atoms with Crippen molar-refractivity contribution in [3.63, 3.8) is 0 Å². The lowest BCUT2D eigenvalue weighted by molar-refractivity contribution is -0.182. The van der Waals surface area contributed by atoms with Crippen molar-refractivity contribution in [2.45, 2.75) is 31.7 Å². The number of fused-ring (bicyclic) bond motifs is 2. The summed E-state index contributed by atoms with van der Waals surface area (Å²) in [5.41, 5.74) is 1.45. The van der Waals surface area contributed by atoms with E-state index >= 15 is 0 Å². The van der Waals surface area contributed by atoms with Gasteiger partial charge in [-0.1, -0.05) is 0 Å². The lowest BCUT2D eigenvalue weighted by Crippen LogP contribution is -2.27. The van der Waals surface area contributed by atoms with E-state index in [2.05, 4.69) is 4.98 Å². The van der Waals surface area contributed by atoms with Gasteiger partial charge in [0.05, 0.1) is 9.13 Å². The Morgan fingerprint density at radius 1 is 1.36 bits per heavy atom. The molecular formula is C18H14FIN2O3. The average Bonchev–Trinajstić information content (AvgIpc) is 2.66. The van der Waals surface area contributed by atoms with Crippen LogP contribution < -0.4 is 4.74 Å². The lowest BCUT2D eigenvalue weighted by Gasteiger charge is -2.32. The van der Waals surface area contributed by atoms with Gasteiger partial charge in [0, 0.05) is 23.9 Å². The fraction of sp³-hybridized carbons (Fsp3) is 0.333. The van der Waals surface area contributed by atoms with Crippen LogP contribution in [-0.4, -0.2) is 17.9 Å². The second kappa shape index (κ2) is 6.86. The van der Waals surface area contributed by atoms with E-state index in [0.29, 0.717) is 23.6 Å². The van der Waals surface area contributed by atoms with Gasteiger partial charge in [-0.25, -0.2) is 9.37 Å². The van der Waals surface area contributed by atoms with Crippen LogP contribution in [0.15, 0.2) is 24.4 Å². The maximum absolute atomic E-state index is 14.8. The Kier molecular flexibility index (Phi) is 4.58. The van der Waals surface area contributed by atoms with E-state index in [1.54, 1.807) is 18.3 Å². The van der Waals surface area contributed by atoms with Crippen LogP contribution in [0, 0.1) is 20.7 Å². The molecule has 1 saturated heterocycles. The minimum atomic E-state index is -0.589. The molecule has 0 spiro atoms. The number of nitrogens with zero attached hydrogens (tertiary/aromatic N) is 2. The molecule has 1 fully saturated rings. The highest BCUT2D eigenvalue weighted by Crippen LogP contribution is 2.47. The SMILES string of the molecule is N#Cc1cc2c(c(F)c1I)Oc1ncccc1C2OC1CCCCO1. The molecule has 2 unspecified atom stereocenters. The molecule has 2 aliphatic rings. The van der Waals surface area contributed by atoms with Gasteiger partial charge in [0.25, 0.3) is 0 Å². The van der Waals surface area contributed by atoms with Crippen LogP contribution in [0.25, 0.3) is 0 Å². The Balaban J connectivity index is 1.82. The normalized spacial score (nSPS) is 21.6. The van der Waals surface area contributed by atoms with Crippen molar-refractivity contribution < 1.29 is 18.6 Å². The van der Waals surface area contributed by atoms with Crippen molar-refractivity contribution in [3.8, 4) is 17.7 Å². The summed E-state index contributed by atoms with van der Waals surface area (Å²) in [7, 11) is 0. The Labute approximate surface area is 157 Å². The molecule has 0 aliphatic carbocycles. The van der Waals surface area contributed by atoms with Gasteiger partial charge in [-0.3, -0.25) is 0 Å². The van der Waals surface area contributed by atoms with Crippen LogP contribution in [0.1, 0.15) is 42.1 Å². The van der Waals surface area contributed by atoms with Crippen LogP contribution >= 0.6 is 22.6 Å². The molecule has 3 heterocycles. The molecular weight excluding hydrogens is 438 g/mol. The number of hydrogen-bond acceptors (Lipinski definition) is 5. The Bertz CT molecular complexity index is 862. The Hall–Kier alpha value is -1.76. The van der Waals surface area contributed by atoms with Gasteiger partial charge >= 0.3 is 0 Å². The molecule has 4 rings (SSSR count). The number of ether oxygens (including phenoxy) is 3. The predicted octanol–water partition coefficient (Wildman–Crippen LogP) is 4.44. The number of aromatic nitrogens is 1.